The molecule has 0 saturated carbocycles. The summed E-state index contributed by atoms with van der Waals surface area (Å²) in [5, 5.41) is 8.60. The number of amides is 1. The smallest absolute Gasteiger partial charge is 0.444 e. The van der Waals surface area contributed by atoms with Gasteiger partial charge in [0.25, 0.3) is 0 Å². The molecule has 0 spiro atoms. The molecule has 4 heterocycles. The van der Waals surface area contributed by atoms with Gasteiger partial charge < -0.3 is 24.4 Å². The molecular formula is C35H45FN8O5. The number of fused-ring (bicyclic) bond motifs is 1. The van der Waals surface area contributed by atoms with Gasteiger partial charge in [-0.15, -0.1) is 0 Å². The van der Waals surface area contributed by atoms with Crippen molar-refractivity contribution in [3.63, 3.8) is 0 Å². The molecule has 0 aliphatic carbocycles. The molecule has 1 aliphatic rings. The fraction of sp³-hybridized carbons (Fsp3) is 0.486. The summed E-state index contributed by atoms with van der Waals surface area (Å²) < 4.78 is 33.2. The number of rotatable bonds is 7. The highest BCUT2D eigenvalue weighted by molar-refractivity contribution is 5.87. The minimum atomic E-state index is -0.810. The minimum absolute atomic E-state index is 0.0749. The summed E-state index contributed by atoms with van der Waals surface area (Å²) in [6, 6.07) is 8.73. The SMILES string of the molecule is CC(C)c1c2cc(-c3nc(Nc4ccc(N5CCN(C(=O)OC(C)(C)C)C(COC(=O)OC(C)(C)C)C5)cn4)ncc3F)ccc2nn1C. The Morgan fingerprint density at radius 3 is 2.39 bits per heavy atom. The Morgan fingerprint density at radius 2 is 1.73 bits per heavy atom. The molecule has 1 unspecified atom stereocenters. The predicted octanol–water partition coefficient (Wildman–Crippen LogP) is 6.81. The maximum Gasteiger partial charge on any atom is 0.508 e. The van der Waals surface area contributed by atoms with Crippen LogP contribution in [0.25, 0.3) is 22.2 Å². The number of ether oxygens (including phenoxy) is 3. The van der Waals surface area contributed by atoms with E-state index in [0.29, 0.717) is 31.0 Å². The Morgan fingerprint density at radius 1 is 1.00 bits per heavy atom. The summed E-state index contributed by atoms with van der Waals surface area (Å²) in [6.07, 6.45) is 1.53. The summed E-state index contributed by atoms with van der Waals surface area (Å²) in [4.78, 5) is 42.1. The molecule has 4 aromatic rings. The summed E-state index contributed by atoms with van der Waals surface area (Å²) in [6.45, 7) is 16.0. The second-order valence-corrected chi connectivity index (χ2v) is 14.4. The quantitative estimate of drug-likeness (QED) is 0.207. The van der Waals surface area contributed by atoms with E-state index in [9.17, 15) is 9.59 Å². The number of carbonyl (C=O) groups is 2. The molecule has 262 valence electrons. The number of aryl methyl sites for hydroxylation is 1. The van der Waals surface area contributed by atoms with Crippen molar-refractivity contribution >= 4 is 40.6 Å². The van der Waals surface area contributed by atoms with Crippen LogP contribution in [0.1, 0.15) is 67.0 Å². The largest absolute Gasteiger partial charge is 0.508 e. The zero-order valence-electron chi connectivity index (χ0n) is 29.6. The highest BCUT2D eigenvalue weighted by Crippen LogP contribution is 2.31. The molecule has 3 aromatic heterocycles. The number of carbonyl (C=O) groups excluding carboxylic acids is 2. The second-order valence-electron chi connectivity index (χ2n) is 14.4. The molecule has 13 nitrogen and oxygen atoms in total. The third-order valence-electron chi connectivity index (χ3n) is 7.69. The number of aromatic nitrogens is 5. The van der Waals surface area contributed by atoms with Gasteiger partial charge in [-0.2, -0.15) is 5.10 Å². The first kappa shape index (κ1) is 35.3. The number of piperazine rings is 1. The van der Waals surface area contributed by atoms with Crippen LogP contribution in [0, 0.1) is 5.82 Å². The maximum absolute atomic E-state index is 15.0. The first-order valence-electron chi connectivity index (χ1n) is 16.3. The lowest BCUT2D eigenvalue weighted by Crippen LogP contribution is -2.58. The van der Waals surface area contributed by atoms with E-state index in [1.54, 1.807) is 64.8 Å². The summed E-state index contributed by atoms with van der Waals surface area (Å²) in [5.74, 6) is 0.344. The Balaban J connectivity index is 1.30. The zero-order valence-corrected chi connectivity index (χ0v) is 29.6. The van der Waals surface area contributed by atoms with Crippen LogP contribution in [0.15, 0.2) is 42.7 Å². The standard InChI is InChI=1S/C35H45FN8O5/c1-21(2)30-25-16-22(10-12-27(25)41-42(30)9)29-26(36)18-38-31(40-29)39-28-13-11-23(17-37-28)43-14-15-44(32(45)48-34(3,4)5)24(19-43)20-47-33(46)49-35(6,7)8/h10-13,16-18,21,24H,14-15,19-20H2,1-9H3,(H,37,38,39,40). The normalized spacial score (nSPS) is 15.4. The lowest BCUT2D eigenvalue weighted by Gasteiger charge is -2.42. The van der Waals surface area contributed by atoms with Crippen molar-refractivity contribution in [1.82, 2.24) is 29.6 Å². The Bertz CT molecular complexity index is 1810. The number of hydrogen-bond acceptors (Lipinski definition) is 11. The highest BCUT2D eigenvalue weighted by Gasteiger charge is 2.35. The van der Waals surface area contributed by atoms with Crippen molar-refractivity contribution in [2.24, 2.45) is 7.05 Å². The zero-order chi connectivity index (χ0) is 35.7. The van der Waals surface area contributed by atoms with E-state index in [1.807, 2.05) is 34.8 Å². The number of benzene rings is 1. The van der Waals surface area contributed by atoms with Gasteiger partial charge in [0.15, 0.2) is 5.82 Å². The molecular weight excluding hydrogens is 631 g/mol. The van der Waals surface area contributed by atoms with E-state index in [4.69, 9.17) is 14.2 Å². The molecule has 1 atom stereocenters. The van der Waals surface area contributed by atoms with Gasteiger partial charge in [-0.1, -0.05) is 19.9 Å². The molecule has 1 N–H and O–H groups in total. The molecule has 1 saturated heterocycles. The average Bonchev–Trinajstić information content (AvgIpc) is 3.34. The third-order valence-corrected chi connectivity index (χ3v) is 7.69. The van der Waals surface area contributed by atoms with E-state index in [0.717, 1.165) is 28.5 Å². The summed E-state index contributed by atoms with van der Waals surface area (Å²) in [7, 11) is 1.91. The Labute approximate surface area is 285 Å². The van der Waals surface area contributed by atoms with Crippen LogP contribution in [0.4, 0.5) is 31.4 Å². The van der Waals surface area contributed by atoms with Gasteiger partial charge in [0.1, 0.15) is 29.3 Å². The van der Waals surface area contributed by atoms with Crippen molar-refractivity contribution in [1.29, 1.82) is 0 Å². The number of halogens is 1. The van der Waals surface area contributed by atoms with Crippen molar-refractivity contribution in [3.8, 4) is 11.3 Å². The van der Waals surface area contributed by atoms with Gasteiger partial charge in [0, 0.05) is 43.3 Å². The molecule has 1 amide bonds. The van der Waals surface area contributed by atoms with Crippen LogP contribution in [0.5, 0.6) is 0 Å². The molecule has 14 heteroatoms. The Kier molecular flexibility index (Phi) is 9.97. The second kappa shape index (κ2) is 13.8. The average molecular weight is 677 g/mol. The molecule has 1 fully saturated rings. The molecule has 49 heavy (non-hydrogen) atoms. The van der Waals surface area contributed by atoms with E-state index in [-0.39, 0.29) is 24.2 Å². The highest BCUT2D eigenvalue weighted by atomic mass is 19.1. The van der Waals surface area contributed by atoms with Crippen LogP contribution in [-0.2, 0) is 21.3 Å². The van der Waals surface area contributed by atoms with Gasteiger partial charge in [-0.3, -0.25) is 9.58 Å². The number of pyridine rings is 1. The molecule has 0 radical (unpaired) electrons. The third kappa shape index (κ3) is 8.72. The maximum atomic E-state index is 15.0. The number of hydrogen-bond donors (Lipinski definition) is 1. The lowest BCUT2D eigenvalue weighted by atomic mass is 10.0. The van der Waals surface area contributed by atoms with E-state index in [2.05, 4.69) is 39.2 Å². The van der Waals surface area contributed by atoms with E-state index in [1.165, 1.54) is 0 Å². The topological polar surface area (TPSA) is 137 Å². The van der Waals surface area contributed by atoms with Crippen molar-refractivity contribution in [2.45, 2.75) is 78.6 Å². The van der Waals surface area contributed by atoms with Crippen LogP contribution < -0.4 is 10.2 Å². The number of nitrogens with zero attached hydrogens (tertiary/aromatic N) is 7. The van der Waals surface area contributed by atoms with Gasteiger partial charge >= 0.3 is 12.2 Å². The summed E-state index contributed by atoms with van der Waals surface area (Å²) >= 11 is 0. The monoisotopic (exact) mass is 676 g/mol. The number of anilines is 3. The van der Waals surface area contributed by atoms with Crippen molar-refractivity contribution < 1.29 is 28.2 Å². The van der Waals surface area contributed by atoms with Gasteiger partial charge in [-0.05, 0) is 71.7 Å². The van der Waals surface area contributed by atoms with Crippen molar-refractivity contribution in [3.05, 3.63) is 54.2 Å². The van der Waals surface area contributed by atoms with Crippen molar-refractivity contribution in [2.75, 3.05) is 36.5 Å². The molecule has 1 aliphatic heterocycles. The Hall–Kier alpha value is -5.01. The van der Waals surface area contributed by atoms with E-state index >= 15 is 4.39 Å². The van der Waals surface area contributed by atoms with Gasteiger partial charge in [0.05, 0.1) is 29.6 Å². The first-order valence-corrected chi connectivity index (χ1v) is 16.3. The predicted molar refractivity (Wildman–Crippen MR) is 184 cm³/mol. The fourth-order valence-corrected chi connectivity index (χ4v) is 5.68. The van der Waals surface area contributed by atoms with Gasteiger partial charge in [0.2, 0.25) is 5.95 Å². The molecule has 1 aromatic carbocycles. The van der Waals surface area contributed by atoms with Crippen LogP contribution in [0.2, 0.25) is 0 Å². The van der Waals surface area contributed by atoms with Crippen LogP contribution in [0.3, 0.4) is 0 Å². The first-order chi connectivity index (χ1) is 23.0. The number of nitrogens with one attached hydrogen (secondary N) is 1. The fourth-order valence-electron chi connectivity index (χ4n) is 5.68. The van der Waals surface area contributed by atoms with E-state index < -0.39 is 35.3 Å². The molecule has 0 bridgehead atoms. The lowest BCUT2D eigenvalue weighted by molar-refractivity contribution is -0.0262. The molecule has 5 rings (SSSR count). The van der Waals surface area contributed by atoms with Gasteiger partial charge in [-0.25, -0.2) is 28.9 Å². The van der Waals surface area contributed by atoms with Crippen LogP contribution >= 0.6 is 0 Å². The minimum Gasteiger partial charge on any atom is -0.444 e. The van der Waals surface area contributed by atoms with Crippen LogP contribution in [-0.4, -0.2) is 85.4 Å². The summed E-state index contributed by atoms with van der Waals surface area (Å²) in [5.41, 5.74) is 2.07.